The molecule has 4 heteroatoms. The molecule has 0 aliphatic carbocycles. The Morgan fingerprint density at radius 3 is 2.40 bits per heavy atom. The van der Waals surface area contributed by atoms with Crippen LogP contribution in [0.15, 0.2) is 0 Å². The van der Waals surface area contributed by atoms with Gasteiger partial charge in [-0.1, -0.05) is 13.8 Å². The highest BCUT2D eigenvalue weighted by Crippen LogP contribution is 2.01. The first-order chi connectivity index (χ1) is 7.09. The normalized spacial score (nSPS) is 18.5. The second-order valence-corrected chi connectivity index (χ2v) is 4.54. The van der Waals surface area contributed by atoms with E-state index >= 15 is 0 Å². The number of hydrogen-bond acceptors (Lipinski definition) is 3. The molecule has 1 N–H and O–H groups in total. The fourth-order valence-corrected chi connectivity index (χ4v) is 1.68. The summed E-state index contributed by atoms with van der Waals surface area (Å²) in [6.45, 7) is 8.77. The minimum atomic E-state index is 0.288. The van der Waals surface area contributed by atoms with Gasteiger partial charge in [-0.3, -0.25) is 4.79 Å². The van der Waals surface area contributed by atoms with E-state index in [1.165, 1.54) is 0 Å². The average molecular weight is 213 g/mol. The zero-order valence-corrected chi connectivity index (χ0v) is 10.1. The van der Waals surface area contributed by atoms with Gasteiger partial charge in [-0.05, 0) is 7.05 Å². The summed E-state index contributed by atoms with van der Waals surface area (Å²) in [5.41, 5.74) is 0. The van der Waals surface area contributed by atoms with Gasteiger partial charge in [0.2, 0.25) is 5.91 Å². The van der Waals surface area contributed by atoms with Crippen LogP contribution in [0.5, 0.6) is 0 Å². The van der Waals surface area contributed by atoms with Gasteiger partial charge in [-0.25, -0.2) is 0 Å². The van der Waals surface area contributed by atoms with Gasteiger partial charge in [0.05, 0.1) is 0 Å². The van der Waals surface area contributed by atoms with Crippen molar-refractivity contribution in [1.82, 2.24) is 15.1 Å². The Bertz CT molecular complexity index is 198. The van der Waals surface area contributed by atoms with E-state index in [0.29, 0.717) is 12.5 Å². The van der Waals surface area contributed by atoms with Gasteiger partial charge in [-0.15, -0.1) is 0 Å². The van der Waals surface area contributed by atoms with E-state index in [1.807, 2.05) is 4.90 Å². The molecule has 1 amide bonds. The van der Waals surface area contributed by atoms with Crippen LogP contribution in [0.1, 0.15) is 20.3 Å². The molecule has 0 spiro atoms. The molecule has 0 unspecified atom stereocenters. The van der Waals surface area contributed by atoms with Crippen molar-refractivity contribution in [3.05, 3.63) is 0 Å². The highest BCUT2D eigenvalue weighted by molar-refractivity contribution is 5.76. The molecule has 0 bridgehead atoms. The zero-order valence-electron chi connectivity index (χ0n) is 10.1. The lowest BCUT2D eigenvalue weighted by atomic mass is 10.2. The molecule has 1 fully saturated rings. The van der Waals surface area contributed by atoms with Gasteiger partial charge in [-0.2, -0.15) is 0 Å². The van der Waals surface area contributed by atoms with Gasteiger partial charge in [0.1, 0.15) is 0 Å². The second kappa shape index (κ2) is 6.08. The molecule has 1 heterocycles. The number of carbonyl (C=O) groups is 1. The van der Waals surface area contributed by atoms with E-state index in [1.54, 1.807) is 0 Å². The van der Waals surface area contributed by atoms with E-state index in [2.05, 4.69) is 31.1 Å². The van der Waals surface area contributed by atoms with E-state index in [0.717, 1.165) is 32.7 Å². The minimum absolute atomic E-state index is 0.288. The maximum Gasteiger partial charge on any atom is 0.223 e. The first-order valence-corrected chi connectivity index (χ1v) is 5.79. The molecule has 15 heavy (non-hydrogen) atoms. The maximum atomic E-state index is 11.8. The lowest BCUT2D eigenvalue weighted by molar-refractivity contribution is -0.132. The third-order valence-corrected chi connectivity index (χ3v) is 2.75. The molecule has 0 saturated carbocycles. The molecule has 0 aromatic heterocycles. The van der Waals surface area contributed by atoms with Gasteiger partial charge in [0.25, 0.3) is 0 Å². The van der Waals surface area contributed by atoms with Crippen LogP contribution in [-0.2, 0) is 4.79 Å². The molecule has 0 aromatic carbocycles. The molecular formula is C11H23N3O. The lowest BCUT2D eigenvalue weighted by Gasteiger charge is -2.32. The third kappa shape index (κ3) is 4.62. The van der Waals surface area contributed by atoms with Crippen molar-refractivity contribution in [1.29, 1.82) is 0 Å². The van der Waals surface area contributed by atoms with Crippen LogP contribution in [0.4, 0.5) is 0 Å². The predicted octanol–water partition coefficient (Wildman–Crippen LogP) is 0.149. The number of hydrogen-bond donors (Lipinski definition) is 1. The Hall–Kier alpha value is -0.610. The standard InChI is InChI=1S/C11H23N3O/c1-10(2)12-5-4-11(15)14-8-6-13(3)7-9-14/h10,12H,4-9H2,1-3H3. The zero-order chi connectivity index (χ0) is 11.3. The maximum absolute atomic E-state index is 11.8. The number of carbonyl (C=O) groups excluding carboxylic acids is 1. The molecule has 0 atom stereocenters. The molecule has 1 aliphatic rings. The first kappa shape index (κ1) is 12.5. The molecule has 1 rings (SSSR count). The summed E-state index contributed by atoms with van der Waals surface area (Å²) in [7, 11) is 2.10. The van der Waals surface area contributed by atoms with Gasteiger partial charge >= 0.3 is 0 Å². The number of likely N-dealkylation sites (N-methyl/N-ethyl adjacent to an activating group) is 1. The Morgan fingerprint density at radius 1 is 1.27 bits per heavy atom. The summed E-state index contributed by atoms with van der Waals surface area (Å²) in [5.74, 6) is 0.288. The Kier molecular flexibility index (Phi) is 5.05. The molecular weight excluding hydrogens is 190 g/mol. The summed E-state index contributed by atoms with van der Waals surface area (Å²) in [6, 6.07) is 0.463. The minimum Gasteiger partial charge on any atom is -0.340 e. The Balaban J connectivity index is 2.17. The van der Waals surface area contributed by atoms with Crippen molar-refractivity contribution in [2.75, 3.05) is 39.8 Å². The fourth-order valence-electron chi connectivity index (χ4n) is 1.68. The largest absolute Gasteiger partial charge is 0.340 e. The Labute approximate surface area is 92.6 Å². The highest BCUT2D eigenvalue weighted by atomic mass is 16.2. The van der Waals surface area contributed by atoms with Gasteiger partial charge in [0, 0.05) is 45.2 Å². The van der Waals surface area contributed by atoms with Crippen LogP contribution in [0.3, 0.4) is 0 Å². The first-order valence-electron chi connectivity index (χ1n) is 5.79. The quantitative estimate of drug-likeness (QED) is 0.722. The summed E-state index contributed by atoms with van der Waals surface area (Å²) in [4.78, 5) is 16.0. The van der Waals surface area contributed by atoms with Crippen molar-refractivity contribution in [2.45, 2.75) is 26.3 Å². The molecule has 0 radical (unpaired) electrons. The highest BCUT2D eigenvalue weighted by Gasteiger charge is 2.18. The SMILES string of the molecule is CC(C)NCCC(=O)N1CCN(C)CC1. The number of nitrogens with zero attached hydrogens (tertiary/aromatic N) is 2. The van der Waals surface area contributed by atoms with Crippen LogP contribution in [0.25, 0.3) is 0 Å². The number of amides is 1. The van der Waals surface area contributed by atoms with Crippen molar-refractivity contribution < 1.29 is 4.79 Å². The summed E-state index contributed by atoms with van der Waals surface area (Å²) >= 11 is 0. The van der Waals surface area contributed by atoms with E-state index in [4.69, 9.17) is 0 Å². The van der Waals surface area contributed by atoms with Crippen LogP contribution >= 0.6 is 0 Å². The van der Waals surface area contributed by atoms with E-state index in [-0.39, 0.29) is 5.91 Å². The molecule has 88 valence electrons. The van der Waals surface area contributed by atoms with Crippen molar-refractivity contribution in [3.63, 3.8) is 0 Å². The third-order valence-electron chi connectivity index (χ3n) is 2.75. The molecule has 1 aliphatic heterocycles. The van der Waals surface area contributed by atoms with Crippen molar-refractivity contribution >= 4 is 5.91 Å². The summed E-state index contributed by atoms with van der Waals surface area (Å²) in [5, 5.41) is 3.27. The van der Waals surface area contributed by atoms with Crippen LogP contribution < -0.4 is 5.32 Å². The fraction of sp³-hybridized carbons (Fsp3) is 0.909. The van der Waals surface area contributed by atoms with E-state index < -0.39 is 0 Å². The molecule has 0 aromatic rings. The van der Waals surface area contributed by atoms with Crippen LogP contribution in [-0.4, -0.2) is 61.5 Å². The molecule has 1 saturated heterocycles. The summed E-state index contributed by atoms with van der Waals surface area (Å²) < 4.78 is 0. The number of rotatable bonds is 4. The monoisotopic (exact) mass is 213 g/mol. The number of piperazine rings is 1. The Morgan fingerprint density at radius 2 is 1.87 bits per heavy atom. The molecule has 4 nitrogen and oxygen atoms in total. The van der Waals surface area contributed by atoms with Crippen molar-refractivity contribution in [3.8, 4) is 0 Å². The van der Waals surface area contributed by atoms with Crippen molar-refractivity contribution in [2.24, 2.45) is 0 Å². The second-order valence-electron chi connectivity index (χ2n) is 4.54. The smallest absolute Gasteiger partial charge is 0.223 e. The van der Waals surface area contributed by atoms with Crippen LogP contribution in [0.2, 0.25) is 0 Å². The lowest BCUT2D eigenvalue weighted by Crippen LogP contribution is -2.47. The predicted molar refractivity (Wildman–Crippen MR) is 61.8 cm³/mol. The number of nitrogens with one attached hydrogen (secondary N) is 1. The van der Waals surface area contributed by atoms with Crippen LogP contribution in [0, 0.1) is 0 Å². The van der Waals surface area contributed by atoms with E-state index in [9.17, 15) is 4.79 Å². The topological polar surface area (TPSA) is 35.6 Å². The average Bonchev–Trinajstić information content (AvgIpc) is 2.18. The van der Waals surface area contributed by atoms with Gasteiger partial charge in [0.15, 0.2) is 0 Å². The van der Waals surface area contributed by atoms with Gasteiger partial charge < -0.3 is 15.1 Å². The summed E-state index contributed by atoms with van der Waals surface area (Å²) in [6.07, 6.45) is 0.627.